The van der Waals surface area contributed by atoms with Gasteiger partial charge in [-0.1, -0.05) is 18.2 Å². The summed E-state index contributed by atoms with van der Waals surface area (Å²) in [6, 6.07) is 13.4. The molecule has 1 aliphatic rings. The molecule has 146 valence electrons. The number of aliphatic hydroxyl groups is 1. The molecule has 1 unspecified atom stereocenters. The average molecular weight is 380 g/mol. The number of aromatic nitrogens is 1. The number of hydrogen-bond donors (Lipinski definition) is 2. The summed E-state index contributed by atoms with van der Waals surface area (Å²) in [6.45, 7) is 4.16. The quantitative estimate of drug-likeness (QED) is 0.635. The third-order valence-electron chi connectivity index (χ3n) is 4.69. The standard InChI is InChI=1S/C22H24N2O4/c1-22(2)12-15-6-4-8-18(21(15)28-22)27-13-19(25)24-17-11-16(26-3)10-14-7-5-9-23-20(14)17/h4-11,19,24-25H,12-13H2,1-3H3. The van der Waals surface area contributed by atoms with Crippen LogP contribution in [0.3, 0.4) is 0 Å². The summed E-state index contributed by atoms with van der Waals surface area (Å²) < 4.78 is 17.2. The van der Waals surface area contributed by atoms with Crippen molar-refractivity contribution in [1.29, 1.82) is 0 Å². The summed E-state index contributed by atoms with van der Waals surface area (Å²) in [4.78, 5) is 4.40. The van der Waals surface area contributed by atoms with Crippen LogP contribution in [0.15, 0.2) is 48.7 Å². The lowest BCUT2D eigenvalue weighted by Gasteiger charge is -2.20. The van der Waals surface area contributed by atoms with Crippen LogP contribution in [0.2, 0.25) is 0 Å². The maximum absolute atomic E-state index is 10.5. The Morgan fingerprint density at radius 2 is 2.11 bits per heavy atom. The molecular formula is C22H24N2O4. The van der Waals surface area contributed by atoms with Crippen LogP contribution in [0, 0.1) is 0 Å². The van der Waals surface area contributed by atoms with Gasteiger partial charge in [-0.25, -0.2) is 0 Å². The first kappa shape index (κ1) is 18.4. The lowest BCUT2D eigenvalue weighted by Crippen LogP contribution is -2.27. The molecule has 0 fully saturated rings. The van der Waals surface area contributed by atoms with Crippen LogP contribution in [0.4, 0.5) is 5.69 Å². The Hall–Kier alpha value is -2.99. The van der Waals surface area contributed by atoms with Gasteiger partial charge in [0.25, 0.3) is 0 Å². The van der Waals surface area contributed by atoms with Crippen molar-refractivity contribution in [3.05, 3.63) is 54.2 Å². The van der Waals surface area contributed by atoms with Crippen molar-refractivity contribution < 1.29 is 19.3 Å². The number of pyridine rings is 1. The van der Waals surface area contributed by atoms with Gasteiger partial charge in [0.05, 0.1) is 18.3 Å². The van der Waals surface area contributed by atoms with Crippen LogP contribution in [0.5, 0.6) is 17.2 Å². The normalized spacial score (nSPS) is 15.6. The molecule has 0 spiro atoms. The van der Waals surface area contributed by atoms with E-state index in [4.69, 9.17) is 14.2 Å². The molecule has 4 rings (SSSR count). The number of para-hydroxylation sites is 1. The fourth-order valence-electron chi connectivity index (χ4n) is 3.48. The maximum Gasteiger partial charge on any atom is 0.165 e. The van der Waals surface area contributed by atoms with Gasteiger partial charge in [0.15, 0.2) is 17.7 Å². The van der Waals surface area contributed by atoms with E-state index in [0.29, 0.717) is 17.2 Å². The molecule has 0 amide bonds. The van der Waals surface area contributed by atoms with Crippen molar-refractivity contribution in [3.8, 4) is 17.2 Å². The zero-order valence-electron chi connectivity index (χ0n) is 16.2. The van der Waals surface area contributed by atoms with E-state index in [1.807, 2.05) is 56.3 Å². The molecule has 1 aromatic heterocycles. The molecule has 2 aromatic carbocycles. The summed E-state index contributed by atoms with van der Waals surface area (Å²) in [5.41, 5.74) is 2.31. The zero-order valence-corrected chi connectivity index (χ0v) is 16.2. The fraction of sp³-hybridized carbons (Fsp3) is 0.318. The Morgan fingerprint density at radius 1 is 1.25 bits per heavy atom. The second kappa shape index (κ2) is 7.20. The highest BCUT2D eigenvalue weighted by atomic mass is 16.5. The number of anilines is 1. The Morgan fingerprint density at radius 3 is 2.93 bits per heavy atom. The van der Waals surface area contributed by atoms with E-state index < -0.39 is 6.23 Å². The van der Waals surface area contributed by atoms with Gasteiger partial charge >= 0.3 is 0 Å². The van der Waals surface area contributed by atoms with E-state index in [1.54, 1.807) is 13.3 Å². The number of nitrogens with one attached hydrogen (secondary N) is 1. The van der Waals surface area contributed by atoms with E-state index in [2.05, 4.69) is 10.3 Å². The molecule has 6 nitrogen and oxygen atoms in total. The van der Waals surface area contributed by atoms with Crippen molar-refractivity contribution in [2.45, 2.75) is 32.1 Å². The lowest BCUT2D eigenvalue weighted by atomic mass is 10.0. The summed E-state index contributed by atoms with van der Waals surface area (Å²) >= 11 is 0. The van der Waals surface area contributed by atoms with Gasteiger partial charge in [-0.05, 0) is 32.0 Å². The molecule has 2 N–H and O–H groups in total. The highest BCUT2D eigenvalue weighted by Crippen LogP contribution is 2.41. The van der Waals surface area contributed by atoms with E-state index in [0.717, 1.165) is 28.6 Å². The smallest absolute Gasteiger partial charge is 0.165 e. The number of fused-ring (bicyclic) bond motifs is 2. The largest absolute Gasteiger partial charge is 0.497 e. The Balaban J connectivity index is 1.49. The minimum absolute atomic E-state index is 0.0613. The topological polar surface area (TPSA) is 72.8 Å². The number of rotatable bonds is 6. The molecule has 0 radical (unpaired) electrons. The molecule has 1 aliphatic heterocycles. The van der Waals surface area contributed by atoms with Gasteiger partial charge in [0.1, 0.15) is 18.0 Å². The van der Waals surface area contributed by atoms with Crippen molar-refractivity contribution in [2.24, 2.45) is 0 Å². The first-order chi connectivity index (χ1) is 13.4. The van der Waals surface area contributed by atoms with Crippen LogP contribution in [0.25, 0.3) is 10.9 Å². The molecule has 0 saturated heterocycles. The average Bonchev–Trinajstić information content (AvgIpc) is 3.00. The predicted molar refractivity (Wildman–Crippen MR) is 108 cm³/mol. The lowest BCUT2D eigenvalue weighted by molar-refractivity contribution is 0.112. The number of hydrogen-bond acceptors (Lipinski definition) is 6. The molecule has 28 heavy (non-hydrogen) atoms. The Labute approximate surface area is 164 Å². The van der Waals surface area contributed by atoms with E-state index in [-0.39, 0.29) is 12.2 Å². The maximum atomic E-state index is 10.5. The fourth-order valence-corrected chi connectivity index (χ4v) is 3.48. The van der Waals surface area contributed by atoms with Gasteiger partial charge in [0, 0.05) is 29.6 Å². The summed E-state index contributed by atoms with van der Waals surface area (Å²) in [5, 5.41) is 14.5. The number of nitrogens with zero attached hydrogens (tertiary/aromatic N) is 1. The van der Waals surface area contributed by atoms with Gasteiger partial charge in [-0.15, -0.1) is 0 Å². The van der Waals surface area contributed by atoms with Crippen LogP contribution >= 0.6 is 0 Å². The first-order valence-corrected chi connectivity index (χ1v) is 9.26. The van der Waals surface area contributed by atoms with Crippen LogP contribution < -0.4 is 19.5 Å². The molecule has 2 heterocycles. The van der Waals surface area contributed by atoms with Gasteiger partial charge in [-0.2, -0.15) is 0 Å². The molecule has 3 aromatic rings. The minimum atomic E-state index is -0.928. The van der Waals surface area contributed by atoms with Crippen molar-refractivity contribution in [1.82, 2.24) is 4.98 Å². The van der Waals surface area contributed by atoms with E-state index in [1.165, 1.54) is 0 Å². The van der Waals surface area contributed by atoms with Crippen LogP contribution in [-0.2, 0) is 6.42 Å². The highest BCUT2D eigenvalue weighted by Gasteiger charge is 2.32. The SMILES string of the molecule is COc1cc(NC(O)COc2cccc3c2OC(C)(C)C3)c2ncccc2c1. The van der Waals surface area contributed by atoms with Crippen LogP contribution in [-0.4, -0.2) is 35.6 Å². The third kappa shape index (κ3) is 3.68. The second-order valence-electron chi connectivity index (χ2n) is 7.50. The highest BCUT2D eigenvalue weighted by molar-refractivity contribution is 5.91. The first-order valence-electron chi connectivity index (χ1n) is 9.26. The zero-order chi connectivity index (χ0) is 19.7. The second-order valence-corrected chi connectivity index (χ2v) is 7.50. The molecule has 0 saturated carbocycles. The number of aliphatic hydroxyl groups excluding tert-OH is 1. The van der Waals surface area contributed by atoms with E-state index in [9.17, 15) is 5.11 Å². The van der Waals surface area contributed by atoms with E-state index >= 15 is 0 Å². The molecule has 1 atom stereocenters. The predicted octanol–water partition coefficient (Wildman–Crippen LogP) is 3.77. The molecule has 0 aliphatic carbocycles. The minimum Gasteiger partial charge on any atom is -0.497 e. The molecule has 0 bridgehead atoms. The summed E-state index contributed by atoms with van der Waals surface area (Å²) in [5.74, 6) is 2.08. The Bertz CT molecular complexity index is 1000. The monoisotopic (exact) mass is 380 g/mol. The molecular weight excluding hydrogens is 356 g/mol. The Kier molecular flexibility index (Phi) is 4.73. The van der Waals surface area contributed by atoms with Crippen molar-refractivity contribution in [3.63, 3.8) is 0 Å². The molecule has 6 heteroatoms. The van der Waals surface area contributed by atoms with Gasteiger partial charge < -0.3 is 24.6 Å². The van der Waals surface area contributed by atoms with Gasteiger partial charge in [0.2, 0.25) is 0 Å². The van der Waals surface area contributed by atoms with Gasteiger partial charge in [-0.3, -0.25) is 4.98 Å². The summed E-state index contributed by atoms with van der Waals surface area (Å²) in [6.07, 6.45) is 1.62. The number of ether oxygens (including phenoxy) is 3. The van der Waals surface area contributed by atoms with Crippen LogP contribution in [0.1, 0.15) is 19.4 Å². The summed E-state index contributed by atoms with van der Waals surface area (Å²) in [7, 11) is 1.61. The van der Waals surface area contributed by atoms with Crippen molar-refractivity contribution >= 4 is 16.6 Å². The number of methoxy groups -OCH3 is 1. The third-order valence-corrected chi connectivity index (χ3v) is 4.69. The van der Waals surface area contributed by atoms with Crippen molar-refractivity contribution in [2.75, 3.05) is 19.0 Å². The number of benzene rings is 2.